The van der Waals surface area contributed by atoms with Crippen LogP contribution in [-0.2, 0) is 4.74 Å². The topological polar surface area (TPSA) is 73.3 Å². The largest absolute Gasteiger partial charge is 0.479 e. The van der Waals surface area contributed by atoms with E-state index >= 15 is 0 Å². The van der Waals surface area contributed by atoms with E-state index in [-0.39, 0.29) is 23.4 Å². The van der Waals surface area contributed by atoms with Gasteiger partial charge >= 0.3 is 0 Å². The van der Waals surface area contributed by atoms with Gasteiger partial charge in [0, 0.05) is 18.9 Å². The van der Waals surface area contributed by atoms with E-state index < -0.39 is 0 Å². The Kier molecular flexibility index (Phi) is 3.43. The number of carbonyl (C=O) groups excluding carboxylic acids is 1. The lowest BCUT2D eigenvalue weighted by molar-refractivity contribution is 0.0601. The van der Waals surface area contributed by atoms with E-state index in [9.17, 15) is 4.79 Å². The summed E-state index contributed by atoms with van der Waals surface area (Å²) in [6.07, 6.45) is 2.96. The van der Waals surface area contributed by atoms with Crippen molar-refractivity contribution in [1.29, 1.82) is 0 Å². The van der Waals surface area contributed by atoms with Crippen molar-refractivity contribution in [1.82, 2.24) is 15.3 Å². The first-order valence-electron chi connectivity index (χ1n) is 5.03. The molecule has 0 amide bonds. The molecule has 1 saturated heterocycles. The van der Waals surface area contributed by atoms with E-state index in [1.54, 1.807) is 0 Å². The maximum atomic E-state index is 12.1. The second-order valence-corrected chi connectivity index (χ2v) is 3.36. The average molecular weight is 223 g/mol. The molecule has 1 atom stereocenters. The summed E-state index contributed by atoms with van der Waals surface area (Å²) in [7, 11) is 1.46. The Bertz CT molecular complexity index is 377. The highest BCUT2D eigenvalue weighted by Crippen LogP contribution is 2.13. The van der Waals surface area contributed by atoms with Gasteiger partial charge in [-0.25, -0.2) is 9.97 Å². The lowest BCUT2D eigenvalue weighted by atomic mass is 10.1. The van der Waals surface area contributed by atoms with E-state index in [4.69, 9.17) is 9.47 Å². The summed E-state index contributed by atoms with van der Waals surface area (Å²) in [6, 6.07) is -0.362. The molecule has 6 nitrogen and oxygen atoms in total. The minimum atomic E-state index is -0.362. The number of hydrogen-bond donors (Lipinski definition) is 1. The van der Waals surface area contributed by atoms with Crippen LogP contribution in [0.2, 0.25) is 0 Å². The minimum Gasteiger partial charge on any atom is -0.479 e. The third-order valence-corrected chi connectivity index (χ3v) is 2.33. The zero-order valence-corrected chi connectivity index (χ0v) is 8.97. The number of methoxy groups -OCH3 is 1. The molecular formula is C10H13N3O3. The predicted molar refractivity (Wildman–Crippen MR) is 55.5 cm³/mol. The Morgan fingerprint density at radius 1 is 1.56 bits per heavy atom. The molecule has 16 heavy (non-hydrogen) atoms. The van der Waals surface area contributed by atoms with E-state index in [2.05, 4.69) is 15.3 Å². The van der Waals surface area contributed by atoms with Crippen molar-refractivity contribution < 1.29 is 14.3 Å². The van der Waals surface area contributed by atoms with Crippen LogP contribution in [0, 0.1) is 0 Å². The van der Waals surface area contributed by atoms with Crippen LogP contribution in [0.25, 0.3) is 0 Å². The summed E-state index contributed by atoms with van der Waals surface area (Å²) in [5, 5.41) is 3.07. The van der Waals surface area contributed by atoms with E-state index in [0.717, 1.165) is 0 Å². The number of ether oxygens (including phenoxy) is 2. The molecule has 6 heteroatoms. The molecule has 0 spiro atoms. The Morgan fingerprint density at radius 3 is 3.06 bits per heavy atom. The Labute approximate surface area is 93.0 Å². The van der Waals surface area contributed by atoms with Gasteiger partial charge in [-0.2, -0.15) is 0 Å². The van der Waals surface area contributed by atoms with Crippen molar-refractivity contribution >= 4 is 5.78 Å². The van der Waals surface area contributed by atoms with Crippen LogP contribution >= 0.6 is 0 Å². The number of nitrogens with zero attached hydrogens (tertiary/aromatic N) is 2. The van der Waals surface area contributed by atoms with Crippen molar-refractivity contribution in [3.05, 3.63) is 18.1 Å². The third kappa shape index (κ3) is 2.17. The standard InChI is InChI=1S/C10H13N3O3/c1-15-10-8(12-2-3-13-10)9(14)7-6-16-5-4-11-7/h2-3,7,11H,4-6H2,1H3. The van der Waals surface area contributed by atoms with Crippen LogP contribution in [0.15, 0.2) is 12.4 Å². The lowest BCUT2D eigenvalue weighted by Gasteiger charge is -2.22. The van der Waals surface area contributed by atoms with Gasteiger partial charge < -0.3 is 14.8 Å². The van der Waals surface area contributed by atoms with Crippen molar-refractivity contribution in [3.8, 4) is 5.88 Å². The fourth-order valence-electron chi connectivity index (χ4n) is 1.54. The van der Waals surface area contributed by atoms with Gasteiger partial charge in [0.2, 0.25) is 11.7 Å². The molecule has 2 heterocycles. The van der Waals surface area contributed by atoms with Crippen LogP contribution < -0.4 is 10.1 Å². The fraction of sp³-hybridized carbons (Fsp3) is 0.500. The summed E-state index contributed by atoms with van der Waals surface area (Å²) in [6.45, 7) is 1.65. The molecule has 1 aliphatic heterocycles. The highest BCUT2D eigenvalue weighted by atomic mass is 16.5. The van der Waals surface area contributed by atoms with Crippen molar-refractivity contribution in [2.24, 2.45) is 0 Å². The molecule has 0 aliphatic carbocycles. The Balaban J connectivity index is 2.19. The number of aromatic nitrogens is 2. The fourth-order valence-corrected chi connectivity index (χ4v) is 1.54. The van der Waals surface area contributed by atoms with Gasteiger partial charge in [0.15, 0.2) is 5.69 Å². The molecule has 1 aromatic rings. The van der Waals surface area contributed by atoms with Crippen molar-refractivity contribution in [2.45, 2.75) is 6.04 Å². The van der Waals surface area contributed by atoms with Crippen LogP contribution in [0.5, 0.6) is 5.88 Å². The first-order valence-corrected chi connectivity index (χ1v) is 5.03. The molecule has 1 N–H and O–H groups in total. The van der Waals surface area contributed by atoms with E-state index in [1.165, 1.54) is 19.5 Å². The number of morpholine rings is 1. The van der Waals surface area contributed by atoms with Crippen LogP contribution in [0.4, 0.5) is 0 Å². The molecule has 1 aromatic heterocycles. The molecule has 2 rings (SSSR count). The predicted octanol–water partition coefficient (Wildman–Crippen LogP) is -0.344. The molecule has 0 saturated carbocycles. The maximum Gasteiger partial charge on any atom is 0.243 e. The molecule has 0 radical (unpaired) electrons. The molecule has 1 fully saturated rings. The third-order valence-electron chi connectivity index (χ3n) is 2.33. The van der Waals surface area contributed by atoms with Gasteiger partial charge in [0.05, 0.1) is 26.4 Å². The smallest absolute Gasteiger partial charge is 0.243 e. The number of carbonyl (C=O) groups is 1. The maximum absolute atomic E-state index is 12.1. The molecular weight excluding hydrogens is 210 g/mol. The van der Waals surface area contributed by atoms with Crippen LogP contribution in [0.3, 0.4) is 0 Å². The average Bonchev–Trinajstić information content (AvgIpc) is 2.39. The minimum absolute atomic E-state index is 0.148. The SMILES string of the molecule is COc1nccnc1C(=O)C1COCCN1. The molecule has 86 valence electrons. The van der Waals surface area contributed by atoms with Crippen molar-refractivity contribution in [3.63, 3.8) is 0 Å². The molecule has 0 aromatic carbocycles. The zero-order chi connectivity index (χ0) is 11.4. The van der Waals surface area contributed by atoms with E-state index in [1.807, 2.05) is 0 Å². The van der Waals surface area contributed by atoms with Gasteiger partial charge in [0.1, 0.15) is 0 Å². The molecule has 1 unspecified atom stereocenters. The summed E-state index contributed by atoms with van der Waals surface area (Å²) in [4.78, 5) is 20.0. The Hall–Kier alpha value is -1.53. The quantitative estimate of drug-likeness (QED) is 0.706. The second kappa shape index (κ2) is 5.00. The van der Waals surface area contributed by atoms with Gasteiger partial charge in [0.25, 0.3) is 0 Å². The highest BCUT2D eigenvalue weighted by molar-refractivity contribution is 6.00. The number of ketones is 1. The van der Waals surface area contributed by atoms with Crippen LogP contribution in [0.1, 0.15) is 10.5 Å². The normalized spacial score (nSPS) is 20.4. The summed E-state index contributed by atoms with van der Waals surface area (Å²) < 4.78 is 10.2. The summed E-state index contributed by atoms with van der Waals surface area (Å²) in [5.41, 5.74) is 0.244. The van der Waals surface area contributed by atoms with Crippen LogP contribution in [-0.4, -0.2) is 48.7 Å². The number of Topliss-reactive ketones (excluding diaryl/α,β-unsaturated/α-hetero) is 1. The summed E-state index contributed by atoms with van der Waals surface area (Å²) >= 11 is 0. The van der Waals surface area contributed by atoms with Gasteiger partial charge in [-0.15, -0.1) is 0 Å². The van der Waals surface area contributed by atoms with Gasteiger partial charge in [-0.05, 0) is 0 Å². The lowest BCUT2D eigenvalue weighted by Crippen LogP contribution is -2.46. The zero-order valence-electron chi connectivity index (χ0n) is 8.97. The molecule has 1 aliphatic rings. The number of rotatable bonds is 3. The highest BCUT2D eigenvalue weighted by Gasteiger charge is 2.26. The Morgan fingerprint density at radius 2 is 2.38 bits per heavy atom. The second-order valence-electron chi connectivity index (χ2n) is 3.36. The van der Waals surface area contributed by atoms with Gasteiger partial charge in [-0.1, -0.05) is 0 Å². The number of hydrogen-bond acceptors (Lipinski definition) is 6. The van der Waals surface area contributed by atoms with E-state index in [0.29, 0.717) is 19.8 Å². The monoisotopic (exact) mass is 223 g/mol. The summed E-state index contributed by atoms with van der Waals surface area (Å²) in [5.74, 6) is 0.101. The van der Waals surface area contributed by atoms with Crippen molar-refractivity contribution in [2.75, 3.05) is 26.9 Å². The molecule has 0 bridgehead atoms. The van der Waals surface area contributed by atoms with Gasteiger partial charge in [-0.3, -0.25) is 4.79 Å². The first kappa shape index (κ1) is 11.0. The first-order chi connectivity index (χ1) is 7.83. The number of nitrogens with one attached hydrogen (secondary N) is 1.